The third kappa shape index (κ3) is 7.37. The predicted octanol–water partition coefficient (Wildman–Crippen LogP) is 3.96. The summed E-state index contributed by atoms with van der Waals surface area (Å²) in [5.41, 5.74) is -0.442. The third-order valence-corrected chi connectivity index (χ3v) is 6.64. The van der Waals surface area contributed by atoms with Crippen molar-refractivity contribution in [1.82, 2.24) is 20.4 Å². The molecule has 3 heterocycles. The van der Waals surface area contributed by atoms with Crippen molar-refractivity contribution < 1.29 is 9.53 Å². The zero-order valence-electron chi connectivity index (χ0n) is 20.2. The van der Waals surface area contributed by atoms with Crippen molar-refractivity contribution in [2.45, 2.75) is 109 Å². The maximum absolute atomic E-state index is 12.7. The first kappa shape index (κ1) is 26.5. The van der Waals surface area contributed by atoms with E-state index < -0.39 is 5.60 Å². The lowest BCUT2D eigenvalue weighted by molar-refractivity contribution is 0.00545. The molecule has 0 aromatic rings. The summed E-state index contributed by atoms with van der Waals surface area (Å²) >= 11 is 0. The second kappa shape index (κ2) is 11.9. The summed E-state index contributed by atoms with van der Waals surface area (Å²) in [6.45, 7) is 14.2. The number of likely N-dealkylation sites (tertiary alicyclic amines) is 1. The van der Waals surface area contributed by atoms with E-state index in [1.54, 1.807) is 0 Å². The van der Waals surface area contributed by atoms with Gasteiger partial charge in [0.05, 0.1) is 6.54 Å². The van der Waals surface area contributed by atoms with Crippen LogP contribution in [0.5, 0.6) is 0 Å². The fraction of sp³-hybridized carbons (Fsp3) is 0.913. The van der Waals surface area contributed by atoms with E-state index in [1.165, 1.54) is 25.8 Å². The number of piperidine rings is 2. The van der Waals surface area contributed by atoms with E-state index in [2.05, 4.69) is 29.4 Å². The molecule has 3 saturated heterocycles. The lowest BCUT2D eigenvalue weighted by atomic mass is 9.98. The molecule has 3 aliphatic rings. The highest BCUT2D eigenvalue weighted by Crippen LogP contribution is 2.36. The maximum atomic E-state index is 12.7. The van der Waals surface area contributed by atoms with Crippen LogP contribution in [0.2, 0.25) is 0 Å². The highest BCUT2D eigenvalue weighted by Gasteiger charge is 2.45. The monoisotopic (exact) mass is 549 g/mol. The van der Waals surface area contributed by atoms with Crippen molar-refractivity contribution in [3.8, 4) is 0 Å². The molecule has 8 heteroatoms. The van der Waals surface area contributed by atoms with E-state index in [1.807, 2.05) is 25.7 Å². The zero-order valence-corrected chi connectivity index (χ0v) is 22.5. The van der Waals surface area contributed by atoms with Gasteiger partial charge in [0.15, 0.2) is 5.96 Å². The minimum absolute atomic E-state index is 0. The van der Waals surface area contributed by atoms with Gasteiger partial charge in [0.25, 0.3) is 0 Å². The number of amides is 1. The van der Waals surface area contributed by atoms with Gasteiger partial charge in [0.2, 0.25) is 0 Å². The van der Waals surface area contributed by atoms with Crippen LogP contribution in [-0.4, -0.2) is 77.8 Å². The number of ether oxygens (including phenoxy) is 1. The molecule has 2 N–H and O–H groups in total. The quantitative estimate of drug-likeness (QED) is 0.309. The number of hydrogen-bond acceptors (Lipinski definition) is 4. The number of carbonyl (C=O) groups excluding carboxylic acids is 1. The van der Waals surface area contributed by atoms with Crippen LogP contribution in [0, 0.1) is 0 Å². The Bertz CT molecular complexity index is 595. The zero-order chi connectivity index (χ0) is 21.7. The highest BCUT2D eigenvalue weighted by atomic mass is 127. The lowest BCUT2D eigenvalue weighted by Gasteiger charge is -2.40. The number of nitrogens with one attached hydrogen (secondary N) is 2. The third-order valence-electron chi connectivity index (χ3n) is 6.64. The number of likely N-dealkylation sites (N-methyl/N-ethyl adjacent to an activating group) is 1. The molecular formula is C23H44IN5O2. The van der Waals surface area contributed by atoms with Gasteiger partial charge in [0, 0.05) is 30.7 Å². The summed E-state index contributed by atoms with van der Waals surface area (Å²) in [6, 6.07) is 1.46. The first-order valence-corrected chi connectivity index (χ1v) is 12.1. The number of guanidine groups is 1. The Morgan fingerprint density at radius 3 is 2.35 bits per heavy atom. The number of rotatable bonds is 5. The Hall–Kier alpha value is -0.770. The van der Waals surface area contributed by atoms with Crippen LogP contribution in [0.15, 0.2) is 4.99 Å². The van der Waals surface area contributed by atoms with Crippen LogP contribution < -0.4 is 10.6 Å². The molecule has 0 aromatic heterocycles. The molecular weight excluding hydrogens is 505 g/mol. The van der Waals surface area contributed by atoms with Crippen LogP contribution >= 0.6 is 24.0 Å². The molecule has 31 heavy (non-hydrogen) atoms. The number of fused-ring (bicyclic) bond motifs is 2. The minimum atomic E-state index is -0.442. The summed E-state index contributed by atoms with van der Waals surface area (Å²) in [5.74, 6) is 0.925. The molecule has 0 aromatic carbocycles. The number of halogens is 1. The lowest BCUT2D eigenvalue weighted by Crippen LogP contribution is -2.55. The van der Waals surface area contributed by atoms with E-state index >= 15 is 0 Å². The second-order valence-corrected chi connectivity index (χ2v) is 10.1. The van der Waals surface area contributed by atoms with Gasteiger partial charge < -0.3 is 20.3 Å². The number of carbonyl (C=O) groups is 1. The van der Waals surface area contributed by atoms with Gasteiger partial charge in [-0.15, -0.1) is 24.0 Å². The molecule has 3 unspecified atom stereocenters. The van der Waals surface area contributed by atoms with Gasteiger partial charge in [-0.1, -0.05) is 13.3 Å². The van der Waals surface area contributed by atoms with E-state index in [9.17, 15) is 4.79 Å². The summed E-state index contributed by atoms with van der Waals surface area (Å²) in [4.78, 5) is 22.2. The van der Waals surface area contributed by atoms with E-state index in [0.717, 1.165) is 51.3 Å². The average molecular weight is 550 g/mol. The van der Waals surface area contributed by atoms with Crippen LogP contribution in [0.1, 0.15) is 79.6 Å². The van der Waals surface area contributed by atoms with Crippen molar-refractivity contribution in [1.29, 1.82) is 0 Å². The fourth-order valence-electron chi connectivity index (χ4n) is 5.30. The number of aliphatic imine (C=N–C) groups is 1. The number of nitrogens with zero attached hydrogens (tertiary/aromatic N) is 3. The van der Waals surface area contributed by atoms with Gasteiger partial charge in [0.1, 0.15) is 5.60 Å². The Kier molecular flexibility index (Phi) is 10.2. The molecule has 1 amide bonds. The van der Waals surface area contributed by atoms with E-state index in [4.69, 9.17) is 9.73 Å². The molecule has 7 nitrogen and oxygen atoms in total. The van der Waals surface area contributed by atoms with Crippen LogP contribution in [-0.2, 0) is 4.74 Å². The van der Waals surface area contributed by atoms with E-state index in [-0.39, 0.29) is 42.2 Å². The topological polar surface area (TPSA) is 69.2 Å². The fourth-order valence-corrected chi connectivity index (χ4v) is 5.30. The molecule has 3 atom stereocenters. The van der Waals surface area contributed by atoms with Gasteiger partial charge in [-0.3, -0.25) is 9.89 Å². The Labute approximate surface area is 206 Å². The molecule has 0 aliphatic carbocycles. The van der Waals surface area contributed by atoms with E-state index in [0.29, 0.717) is 12.1 Å². The normalized spacial score (nSPS) is 29.3. The SMILES string of the molecule is CCNC(=NCC1CCCCN1CC)NC1CC2CCC(C1)N2C(=O)OC(C)(C)C.I. The van der Waals surface area contributed by atoms with Gasteiger partial charge in [-0.2, -0.15) is 0 Å². The molecule has 2 bridgehead atoms. The molecule has 0 radical (unpaired) electrons. The Balaban J connectivity index is 0.00000341. The molecule has 0 saturated carbocycles. The van der Waals surface area contributed by atoms with Crippen LogP contribution in [0.25, 0.3) is 0 Å². The maximum Gasteiger partial charge on any atom is 0.410 e. The molecule has 3 aliphatic heterocycles. The van der Waals surface area contributed by atoms with Crippen molar-refractivity contribution in [2.24, 2.45) is 4.99 Å². The second-order valence-electron chi connectivity index (χ2n) is 10.1. The van der Waals surface area contributed by atoms with Gasteiger partial charge >= 0.3 is 6.09 Å². The summed E-state index contributed by atoms with van der Waals surface area (Å²) in [7, 11) is 0. The Morgan fingerprint density at radius 1 is 1.10 bits per heavy atom. The first-order chi connectivity index (χ1) is 14.3. The smallest absolute Gasteiger partial charge is 0.410 e. The minimum Gasteiger partial charge on any atom is -0.444 e. The predicted molar refractivity (Wildman–Crippen MR) is 137 cm³/mol. The standard InChI is InChI=1S/C23H43N5O2.HI/c1-6-24-21(25-16-20-10-8-9-13-27(20)7-2)26-17-14-18-11-12-19(15-17)28(18)22(29)30-23(3,4)5;/h17-20H,6-16H2,1-5H3,(H2,24,25,26);1H. The Morgan fingerprint density at radius 2 is 1.77 bits per heavy atom. The van der Waals surface area contributed by atoms with Gasteiger partial charge in [-0.05, 0) is 79.3 Å². The average Bonchev–Trinajstić information content (AvgIpc) is 2.96. The summed E-state index contributed by atoms with van der Waals surface area (Å²) < 4.78 is 5.67. The first-order valence-electron chi connectivity index (χ1n) is 12.1. The van der Waals surface area contributed by atoms with Crippen molar-refractivity contribution in [3.63, 3.8) is 0 Å². The van der Waals surface area contributed by atoms with Gasteiger partial charge in [-0.25, -0.2) is 4.79 Å². The molecule has 3 rings (SSSR count). The van der Waals surface area contributed by atoms with Crippen molar-refractivity contribution in [2.75, 3.05) is 26.2 Å². The molecule has 0 spiro atoms. The summed E-state index contributed by atoms with van der Waals surface area (Å²) in [6.07, 6.45) is 7.79. The van der Waals surface area contributed by atoms with Crippen molar-refractivity contribution in [3.05, 3.63) is 0 Å². The van der Waals surface area contributed by atoms with Crippen molar-refractivity contribution >= 4 is 36.0 Å². The summed E-state index contributed by atoms with van der Waals surface area (Å²) in [5, 5.41) is 7.11. The largest absolute Gasteiger partial charge is 0.444 e. The van der Waals surface area contributed by atoms with Crippen LogP contribution in [0.3, 0.4) is 0 Å². The molecule has 3 fully saturated rings. The molecule has 180 valence electrons. The van der Waals surface area contributed by atoms with Crippen LogP contribution in [0.4, 0.5) is 4.79 Å². The number of hydrogen-bond donors (Lipinski definition) is 2. The highest BCUT2D eigenvalue weighted by molar-refractivity contribution is 14.0.